The van der Waals surface area contributed by atoms with Crippen LogP contribution in [0.5, 0.6) is 0 Å². The summed E-state index contributed by atoms with van der Waals surface area (Å²) >= 11 is 0. The molecule has 0 aromatic heterocycles. The van der Waals surface area contributed by atoms with Gasteiger partial charge in [-0.15, -0.1) is 0 Å². The largest absolute Gasteiger partial charge is 0.362 e. The molecule has 2 nitrogen and oxygen atoms in total. The highest BCUT2D eigenvalue weighted by Gasteiger charge is 2.37. The normalized spacial score (nSPS) is 40.4. The van der Waals surface area contributed by atoms with E-state index >= 15 is 0 Å². The number of hydrogen-bond donors (Lipinski definition) is 1. The third kappa shape index (κ3) is 3.24. The SMILES string of the molecule is CC1CCC(C(C)C)C(OC2(O)C=CC=CC2)C1. The van der Waals surface area contributed by atoms with Crippen LogP contribution in [-0.4, -0.2) is 17.0 Å². The molecule has 0 aliphatic heterocycles. The molecule has 4 atom stereocenters. The smallest absolute Gasteiger partial charge is 0.189 e. The molecular weight excluding hydrogens is 224 g/mol. The van der Waals surface area contributed by atoms with Gasteiger partial charge in [0.1, 0.15) is 0 Å². The Labute approximate surface area is 111 Å². The molecule has 2 rings (SSSR count). The fourth-order valence-electron chi connectivity index (χ4n) is 3.19. The van der Waals surface area contributed by atoms with Gasteiger partial charge in [0.15, 0.2) is 5.79 Å². The average Bonchev–Trinajstić information content (AvgIpc) is 2.28. The lowest BCUT2D eigenvalue weighted by atomic mass is 9.75. The highest BCUT2D eigenvalue weighted by molar-refractivity contribution is 5.15. The molecule has 1 saturated carbocycles. The van der Waals surface area contributed by atoms with Gasteiger partial charge in [-0.3, -0.25) is 0 Å². The summed E-state index contributed by atoms with van der Waals surface area (Å²) in [5, 5.41) is 10.4. The van der Waals surface area contributed by atoms with Crippen LogP contribution in [0.3, 0.4) is 0 Å². The van der Waals surface area contributed by atoms with Crippen LogP contribution in [-0.2, 0) is 4.74 Å². The van der Waals surface area contributed by atoms with Gasteiger partial charge in [-0.25, -0.2) is 0 Å². The molecule has 2 aliphatic carbocycles. The van der Waals surface area contributed by atoms with Gasteiger partial charge in [-0.1, -0.05) is 45.4 Å². The van der Waals surface area contributed by atoms with E-state index in [4.69, 9.17) is 4.74 Å². The fourth-order valence-corrected chi connectivity index (χ4v) is 3.19. The first-order chi connectivity index (χ1) is 8.50. The first kappa shape index (κ1) is 13.8. The molecular formula is C16H26O2. The van der Waals surface area contributed by atoms with E-state index in [0.29, 0.717) is 24.2 Å². The van der Waals surface area contributed by atoms with Crippen molar-refractivity contribution in [2.24, 2.45) is 17.8 Å². The summed E-state index contributed by atoms with van der Waals surface area (Å²) in [6.07, 6.45) is 11.9. The van der Waals surface area contributed by atoms with E-state index < -0.39 is 5.79 Å². The Balaban J connectivity index is 2.04. The van der Waals surface area contributed by atoms with E-state index in [2.05, 4.69) is 20.8 Å². The Bertz CT molecular complexity index is 332. The van der Waals surface area contributed by atoms with Crippen LogP contribution in [0.15, 0.2) is 24.3 Å². The Morgan fingerprint density at radius 1 is 1.28 bits per heavy atom. The van der Waals surface area contributed by atoms with E-state index in [0.717, 1.165) is 6.42 Å². The summed E-state index contributed by atoms with van der Waals surface area (Å²) < 4.78 is 6.08. The van der Waals surface area contributed by atoms with E-state index in [9.17, 15) is 5.11 Å². The average molecular weight is 250 g/mol. The zero-order valence-electron chi connectivity index (χ0n) is 11.8. The van der Waals surface area contributed by atoms with E-state index in [-0.39, 0.29) is 6.10 Å². The van der Waals surface area contributed by atoms with Gasteiger partial charge in [-0.2, -0.15) is 0 Å². The molecule has 1 N–H and O–H groups in total. The summed E-state index contributed by atoms with van der Waals surface area (Å²) in [7, 11) is 0. The van der Waals surface area contributed by atoms with Crippen molar-refractivity contribution in [1.29, 1.82) is 0 Å². The molecule has 0 saturated heterocycles. The highest BCUT2D eigenvalue weighted by Crippen LogP contribution is 2.38. The molecule has 0 radical (unpaired) electrons. The van der Waals surface area contributed by atoms with Crippen LogP contribution in [0.1, 0.15) is 46.5 Å². The Morgan fingerprint density at radius 3 is 2.67 bits per heavy atom. The highest BCUT2D eigenvalue weighted by atomic mass is 16.6. The maximum Gasteiger partial charge on any atom is 0.189 e. The van der Waals surface area contributed by atoms with Crippen LogP contribution in [0.2, 0.25) is 0 Å². The van der Waals surface area contributed by atoms with E-state index in [1.165, 1.54) is 12.8 Å². The van der Waals surface area contributed by atoms with Crippen molar-refractivity contribution < 1.29 is 9.84 Å². The molecule has 18 heavy (non-hydrogen) atoms. The van der Waals surface area contributed by atoms with Gasteiger partial charge >= 0.3 is 0 Å². The molecule has 0 bridgehead atoms. The van der Waals surface area contributed by atoms with Crippen LogP contribution in [0.4, 0.5) is 0 Å². The third-order valence-electron chi connectivity index (χ3n) is 4.33. The minimum atomic E-state index is -1.08. The molecule has 0 spiro atoms. The molecule has 0 heterocycles. The standard InChI is InChI=1S/C16H26O2/c1-12(2)14-8-7-13(3)11-15(14)18-16(17)9-5-4-6-10-16/h4-6,9,12-15,17H,7-8,10-11H2,1-3H3. The number of allylic oxidation sites excluding steroid dienone is 2. The second-order valence-electron chi connectivity index (χ2n) is 6.32. The van der Waals surface area contributed by atoms with E-state index in [1.807, 2.05) is 18.2 Å². The third-order valence-corrected chi connectivity index (χ3v) is 4.33. The van der Waals surface area contributed by atoms with Crippen LogP contribution in [0, 0.1) is 17.8 Å². The van der Waals surface area contributed by atoms with Crippen molar-refractivity contribution in [2.45, 2.75) is 58.3 Å². The molecule has 102 valence electrons. The lowest BCUT2D eigenvalue weighted by molar-refractivity contribution is -0.219. The van der Waals surface area contributed by atoms with Crippen LogP contribution < -0.4 is 0 Å². The summed E-state index contributed by atoms with van der Waals surface area (Å²) in [5.74, 6) is 0.819. The van der Waals surface area contributed by atoms with Gasteiger partial charge in [0, 0.05) is 6.42 Å². The lowest BCUT2D eigenvalue weighted by Gasteiger charge is -2.41. The summed E-state index contributed by atoms with van der Waals surface area (Å²) in [6, 6.07) is 0. The van der Waals surface area contributed by atoms with Gasteiger partial charge in [0.05, 0.1) is 6.10 Å². The van der Waals surface area contributed by atoms with Gasteiger partial charge in [0.2, 0.25) is 0 Å². The maximum atomic E-state index is 10.4. The number of rotatable bonds is 3. The Hall–Kier alpha value is -0.600. The molecule has 0 aromatic carbocycles. The zero-order valence-corrected chi connectivity index (χ0v) is 11.8. The fraction of sp³-hybridized carbons (Fsp3) is 0.750. The lowest BCUT2D eigenvalue weighted by Crippen LogP contribution is -2.42. The zero-order chi connectivity index (χ0) is 13.2. The van der Waals surface area contributed by atoms with Crippen molar-refractivity contribution in [3.05, 3.63) is 24.3 Å². The molecule has 2 heteroatoms. The second-order valence-corrected chi connectivity index (χ2v) is 6.32. The topological polar surface area (TPSA) is 29.5 Å². The number of ether oxygens (including phenoxy) is 1. The summed E-state index contributed by atoms with van der Waals surface area (Å²) in [4.78, 5) is 0. The quantitative estimate of drug-likeness (QED) is 0.774. The first-order valence-electron chi connectivity index (χ1n) is 7.25. The predicted octanol–water partition coefficient (Wildman–Crippen LogP) is 3.67. The van der Waals surface area contributed by atoms with Gasteiger partial charge in [-0.05, 0) is 36.7 Å². The van der Waals surface area contributed by atoms with Gasteiger partial charge < -0.3 is 9.84 Å². The van der Waals surface area contributed by atoms with Crippen LogP contribution in [0.25, 0.3) is 0 Å². The first-order valence-corrected chi connectivity index (χ1v) is 7.25. The van der Waals surface area contributed by atoms with Crippen LogP contribution >= 0.6 is 0 Å². The van der Waals surface area contributed by atoms with Crippen molar-refractivity contribution >= 4 is 0 Å². The summed E-state index contributed by atoms with van der Waals surface area (Å²) in [6.45, 7) is 6.81. The van der Waals surface area contributed by atoms with Crippen molar-refractivity contribution in [1.82, 2.24) is 0 Å². The molecule has 0 aromatic rings. The molecule has 0 amide bonds. The minimum absolute atomic E-state index is 0.190. The predicted molar refractivity (Wildman–Crippen MR) is 74.1 cm³/mol. The second kappa shape index (κ2) is 5.58. The monoisotopic (exact) mass is 250 g/mol. The molecule has 2 aliphatic rings. The molecule has 1 fully saturated rings. The minimum Gasteiger partial charge on any atom is -0.362 e. The van der Waals surface area contributed by atoms with Crippen molar-refractivity contribution in [3.8, 4) is 0 Å². The Kier molecular flexibility index (Phi) is 4.29. The van der Waals surface area contributed by atoms with Gasteiger partial charge in [0.25, 0.3) is 0 Å². The van der Waals surface area contributed by atoms with Crippen molar-refractivity contribution in [3.63, 3.8) is 0 Å². The summed E-state index contributed by atoms with van der Waals surface area (Å²) in [5.41, 5.74) is 0. The maximum absolute atomic E-state index is 10.4. The Morgan fingerprint density at radius 2 is 2.06 bits per heavy atom. The van der Waals surface area contributed by atoms with E-state index in [1.54, 1.807) is 6.08 Å². The number of aliphatic hydroxyl groups is 1. The molecule has 4 unspecified atom stereocenters. The van der Waals surface area contributed by atoms with Crippen molar-refractivity contribution in [2.75, 3.05) is 0 Å². The number of hydrogen-bond acceptors (Lipinski definition) is 2.